The third-order valence-corrected chi connectivity index (χ3v) is 6.83. The number of phenolic OH excluding ortho intramolecular Hbond substituents is 1. The van der Waals surface area contributed by atoms with Gasteiger partial charge in [0, 0.05) is 6.42 Å². The lowest BCUT2D eigenvalue weighted by Crippen LogP contribution is -2.58. The molecule has 1 aromatic rings. The summed E-state index contributed by atoms with van der Waals surface area (Å²) in [5.74, 6) is -1.49. The molecule has 10 nitrogen and oxygen atoms in total. The lowest BCUT2D eigenvalue weighted by atomic mass is 10.0. The van der Waals surface area contributed by atoms with E-state index >= 15 is 0 Å². The van der Waals surface area contributed by atoms with E-state index in [9.17, 15) is 29.4 Å². The fourth-order valence-corrected chi connectivity index (χ4v) is 4.43. The van der Waals surface area contributed by atoms with Gasteiger partial charge in [0.1, 0.15) is 23.9 Å². The van der Waals surface area contributed by atoms with E-state index in [1.54, 1.807) is 23.9 Å². The molecule has 0 saturated carbocycles. The van der Waals surface area contributed by atoms with Gasteiger partial charge in [0.25, 0.3) is 0 Å². The van der Waals surface area contributed by atoms with Crippen molar-refractivity contribution < 1.29 is 29.4 Å². The number of nitrogens with two attached hydrogens (primary N) is 1. The molecular formula is C25H40N4O6S2. The molecule has 4 unspecified atom stereocenters. The van der Waals surface area contributed by atoms with Crippen molar-refractivity contribution >= 4 is 47.2 Å². The Morgan fingerprint density at radius 3 is 1.89 bits per heavy atom. The van der Waals surface area contributed by atoms with Crippen LogP contribution in [-0.4, -0.2) is 82.1 Å². The Morgan fingerprint density at radius 1 is 0.838 bits per heavy atom. The van der Waals surface area contributed by atoms with Gasteiger partial charge >= 0.3 is 5.97 Å². The van der Waals surface area contributed by atoms with E-state index in [0.717, 1.165) is 0 Å². The molecule has 0 aliphatic rings. The molecule has 1 rings (SSSR count). The van der Waals surface area contributed by atoms with Gasteiger partial charge in [0.15, 0.2) is 0 Å². The molecule has 208 valence electrons. The summed E-state index contributed by atoms with van der Waals surface area (Å²) >= 11 is 3.03. The average molecular weight is 557 g/mol. The third kappa shape index (κ3) is 12.6. The van der Waals surface area contributed by atoms with Gasteiger partial charge in [-0.15, -0.1) is 0 Å². The van der Waals surface area contributed by atoms with Crippen LogP contribution in [0.25, 0.3) is 0 Å². The first-order valence-electron chi connectivity index (χ1n) is 12.1. The van der Waals surface area contributed by atoms with Crippen molar-refractivity contribution in [3.05, 3.63) is 29.8 Å². The number of nitrogens with one attached hydrogen (secondary N) is 3. The van der Waals surface area contributed by atoms with Crippen molar-refractivity contribution in [1.29, 1.82) is 0 Å². The number of hydrogen-bond acceptors (Lipinski definition) is 8. The standard InChI is InChI=1S/C25H40N4O6S2/c1-15(2)13-20(23(32)27-19(25(34)35)10-12-37-4)29-24(33)21(14-16-5-7-17(30)8-6-16)28-22(31)18(26)9-11-36-3/h5-8,15,18-21,30H,9-14,26H2,1-4H3,(H,27,32)(H,28,31)(H,29,33)(H,34,35). The van der Waals surface area contributed by atoms with Crippen LogP contribution in [0.15, 0.2) is 24.3 Å². The number of thioether (sulfide) groups is 2. The van der Waals surface area contributed by atoms with Crippen LogP contribution < -0.4 is 21.7 Å². The quantitative estimate of drug-likeness (QED) is 0.166. The monoisotopic (exact) mass is 556 g/mol. The molecule has 0 radical (unpaired) electrons. The average Bonchev–Trinajstić information content (AvgIpc) is 2.84. The number of carbonyl (C=O) groups excluding carboxylic acids is 3. The number of hydrogen-bond donors (Lipinski definition) is 6. The fraction of sp³-hybridized carbons (Fsp3) is 0.600. The number of phenols is 1. The lowest BCUT2D eigenvalue weighted by Gasteiger charge is -2.26. The fourth-order valence-electron chi connectivity index (χ4n) is 3.47. The van der Waals surface area contributed by atoms with Crippen LogP contribution in [0.2, 0.25) is 0 Å². The van der Waals surface area contributed by atoms with E-state index in [4.69, 9.17) is 5.73 Å². The molecule has 0 aromatic heterocycles. The second-order valence-electron chi connectivity index (χ2n) is 9.19. The third-order valence-electron chi connectivity index (χ3n) is 5.54. The minimum atomic E-state index is -1.14. The predicted molar refractivity (Wildman–Crippen MR) is 149 cm³/mol. The van der Waals surface area contributed by atoms with Gasteiger partial charge in [0.2, 0.25) is 17.7 Å². The number of amides is 3. The van der Waals surface area contributed by atoms with E-state index in [2.05, 4.69) is 16.0 Å². The van der Waals surface area contributed by atoms with Crippen molar-refractivity contribution in [1.82, 2.24) is 16.0 Å². The second-order valence-corrected chi connectivity index (χ2v) is 11.2. The molecule has 0 spiro atoms. The van der Waals surface area contributed by atoms with Crippen LogP contribution in [0.1, 0.15) is 38.7 Å². The van der Waals surface area contributed by atoms with Crippen LogP contribution in [-0.2, 0) is 25.6 Å². The summed E-state index contributed by atoms with van der Waals surface area (Å²) in [6.07, 6.45) is 4.82. The van der Waals surface area contributed by atoms with Crippen molar-refractivity contribution in [2.45, 2.75) is 63.7 Å². The molecule has 0 aliphatic carbocycles. The zero-order valence-electron chi connectivity index (χ0n) is 21.9. The summed E-state index contributed by atoms with van der Waals surface area (Å²) in [5.41, 5.74) is 6.68. The maximum atomic E-state index is 13.4. The smallest absolute Gasteiger partial charge is 0.326 e. The van der Waals surface area contributed by atoms with E-state index < -0.39 is 47.9 Å². The van der Waals surface area contributed by atoms with Gasteiger partial charge in [-0.3, -0.25) is 14.4 Å². The van der Waals surface area contributed by atoms with Gasteiger partial charge in [-0.25, -0.2) is 4.79 Å². The number of rotatable bonds is 17. The zero-order chi connectivity index (χ0) is 28.0. The van der Waals surface area contributed by atoms with Gasteiger partial charge < -0.3 is 31.9 Å². The summed E-state index contributed by atoms with van der Waals surface area (Å²) in [6.45, 7) is 3.77. The Labute approximate surface area is 227 Å². The highest BCUT2D eigenvalue weighted by Crippen LogP contribution is 2.13. The predicted octanol–water partition coefficient (Wildman–Crippen LogP) is 1.35. The second kappa shape index (κ2) is 17.1. The maximum Gasteiger partial charge on any atom is 0.326 e. The Balaban J connectivity index is 3.09. The minimum Gasteiger partial charge on any atom is -0.508 e. The Kier molecular flexibility index (Phi) is 15.1. The normalized spacial score (nSPS) is 14.3. The summed E-state index contributed by atoms with van der Waals surface area (Å²) in [4.78, 5) is 50.7. The Bertz CT molecular complexity index is 884. The van der Waals surface area contributed by atoms with Crippen LogP contribution in [0.3, 0.4) is 0 Å². The van der Waals surface area contributed by atoms with Crippen molar-refractivity contribution in [2.75, 3.05) is 24.0 Å². The highest BCUT2D eigenvalue weighted by molar-refractivity contribution is 7.98. The van der Waals surface area contributed by atoms with Crippen molar-refractivity contribution in [3.63, 3.8) is 0 Å². The summed E-state index contributed by atoms with van der Waals surface area (Å²) in [7, 11) is 0. The van der Waals surface area contributed by atoms with E-state index in [-0.39, 0.29) is 30.9 Å². The first-order valence-corrected chi connectivity index (χ1v) is 14.9. The molecule has 7 N–H and O–H groups in total. The van der Waals surface area contributed by atoms with Gasteiger partial charge in [0.05, 0.1) is 6.04 Å². The maximum absolute atomic E-state index is 13.4. The largest absolute Gasteiger partial charge is 0.508 e. The first kappa shape index (κ1) is 32.6. The van der Waals surface area contributed by atoms with Gasteiger partial charge in [-0.1, -0.05) is 26.0 Å². The number of carboxylic acids is 1. The number of aliphatic carboxylic acids is 1. The highest BCUT2D eigenvalue weighted by Gasteiger charge is 2.30. The molecule has 0 fully saturated rings. The zero-order valence-corrected chi connectivity index (χ0v) is 23.5. The molecule has 0 heterocycles. The van der Waals surface area contributed by atoms with E-state index in [1.807, 2.05) is 26.4 Å². The molecule has 3 amide bonds. The molecule has 1 aromatic carbocycles. The van der Waals surface area contributed by atoms with E-state index in [0.29, 0.717) is 23.5 Å². The first-order chi connectivity index (χ1) is 17.5. The van der Waals surface area contributed by atoms with Gasteiger partial charge in [-0.2, -0.15) is 23.5 Å². The molecule has 0 saturated heterocycles. The van der Waals surface area contributed by atoms with Crippen LogP contribution in [0, 0.1) is 5.92 Å². The van der Waals surface area contributed by atoms with E-state index in [1.165, 1.54) is 23.9 Å². The molecular weight excluding hydrogens is 516 g/mol. The minimum absolute atomic E-state index is 0.0237. The van der Waals surface area contributed by atoms with Gasteiger partial charge in [-0.05, 0) is 66.9 Å². The summed E-state index contributed by atoms with van der Waals surface area (Å²) in [6, 6.07) is 2.32. The lowest BCUT2D eigenvalue weighted by molar-refractivity contribution is -0.142. The molecule has 0 bridgehead atoms. The molecule has 12 heteroatoms. The number of benzene rings is 1. The number of carbonyl (C=O) groups is 4. The van der Waals surface area contributed by atoms with Crippen molar-refractivity contribution in [3.8, 4) is 5.75 Å². The van der Waals surface area contributed by atoms with Crippen LogP contribution in [0.4, 0.5) is 0 Å². The SMILES string of the molecule is CSCCC(N)C(=O)NC(Cc1ccc(O)cc1)C(=O)NC(CC(C)C)C(=O)NC(CCSC)C(=O)O. The summed E-state index contributed by atoms with van der Waals surface area (Å²) in [5, 5.41) is 27.0. The Hall–Kier alpha value is -2.44. The number of carboxylic acid groups (broad SMARTS) is 1. The Morgan fingerprint density at radius 2 is 1.35 bits per heavy atom. The van der Waals surface area contributed by atoms with Crippen molar-refractivity contribution in [2.24, 2.45) is 11.7 Å². The topological polar surface area (TPSA) is 171 Å². The number of aromatic hydroxyl groups is 1. The summed E-state index contributed by atoms with van der Waals surface area (Å²) < 4.78 is 0. The van der Waals surface area contributed by atoms with Crippen LogP contribution >= 0.6 is 23.5 Å². The van der Waals surface area contributed by atoms with Crippen LogP contribution in [0.5, 0.6) is 5.75 Å². The molecule has 37 heavy (non-hydrogen) atoms. The molecule has 0 aliphatic heterocycles. The molecule has 4 atom stereocenters. The highest BCUT2D eigenvalue weighted by atomic mass is 32.2.